The lowest BCUT2D eigenvalue weighted by molar-refractivity contribution is -0.257. The van der Waals surface area contributed by atoms with Crippen LogP contribution >= 0.6 is 11.8 Å². The van der Waals surface area contributed by atoms with Crippen LogP contribution in [0.1, 0.15) is 43.8 Å². The smallest absolute Gasteiger partial charge is 0.150 e. The molecule has 2 rings (SSSR count). The van der Waals surface area contributed by atoms with Gasteiger partial charge in [0.25, 0.3) is 0 Å². The number of thioether (sulfide) groups is 1. The molecule has 0 aliphatic carbocycles. The number of carbonyl (C=O) groups excluding carboxylic acids is 2. The number of aromatic carboxylic acids is 2. The van der Waals surface area contributed by atoms with Crippen molar-refractivity contribution in [2.24, 2.45) is 0 Å². The molecule has 0 bridgehead atoms. The third-order valence-corrected chi connectivity index (χ3v) is 3.92. The van der Waals surface area contributed by atoms with Crippen molar-refractivity contribution in [2.45, 2.75) is 25.4 Å². The van der Waals surface area contributed by atoms with Gasteiger partial charge in [-0.15, -0.1) is 11.8 Å². The summed E-state index contributed by atoms with van der Waals surface area (Å²) in [7, 11) is 0. The van der Waals surface area contributed by atoms with Crippen molar-refractivity contribution in [2.75, 3.05) is 0 Å². The Bertz CT molecular complexity index is 682. The van der Waals surface area contributed by atoms with Gasteiger partial charge in [-0.25, -0.2) is 0 Å². The standard InChI is InChI=1S/C14H14O6S/c1-7-9(3-12(20-7)14(17)18)5-21-6-10-4-11(13(15)16)8(2)19-10/h3-4H,5-6H2,1-2H3,(H,15,16)(H,17,18)/p-2. The third-order valence-electron chi connectivity index (χ3n) is 2.91. The summed E-state index contributed by atoms with van der Waals surface area (Å²) < 4.78 is 10.4. The van der Waals surface area contributed by atoms with Gasteiger partial charge in [-0.05, 0) is 26.0 Å². The van der Waals surface area contributed by atoms with E-state index in [1.54, 1.807) is 13.8 Å². The minimum absolute atomic E-state index is 0.0457. The average Bonchev–Trinajstić information content (AvgIpc) is 2.94. The van der Waals surface area contributed by atoms with Crippen molar-refractivity contribution in [3.63, 3.8) is 0 Å². The highest BCUT2D eigenvalue weighted by Crippen LogP contribution is 2.24. The lowest BCUT2D eigenvalue weighted by Crippen LogP contribution is -2.22. The van der Waals surface area contributed by atoms with Crippen molar-refractivity contribution in [1.29, 1.82) is 0 Å². The normalized spacial score (nSPS) is 10.8. The fourth-order valence-electron chi connectivity index (χ4n) is 1.84. The minimum atomic E-state index is -1.35. The first-order chi connectivity index (χ1) is 9.88. The molecule has 0 amide bonds. The van der Waals surface area contributed by atoms with E-state index in [9.17, 15) is 19.8 Å². The van der Waals surface area contributed by atoms with E-state index in [-0.39, 0.29) is 11.3 Å². The fraction of sp³-hybridized carbons (Fsp3) is 0.286. The van der Waals surface area contributed by atoms with Gasteiger partial charge in [-0.1, -0.05) is 0 Å². The second-order valence-electron chi connectivity index (χ2n) is 4.44. The summed E-state index contributed by atoms with van der Waals surface area (Å²) in [6.45, 7) is 3.24. The summed E-state index contributed by atoms with van der Waals surface area (Å²) in [4.78, 5) is 21.5. The molecule has 0 N–H and O–H groups in total. The highest BCUT2D eigenvalue weighted by molar-refractivity contribution is 7.97. The molecule has 112 valence electrons. The van der Waals surface area contributed by atoms with Crippen LogP contribution in [0.4, 0.5) is 0 Å². The number of furan rings is 2. The van der Waals surface area contributed by atoms with Crippen molar-refractivity contribution in [3.05, 3.63) is 46.3 Å². The van der Waals surface area contributed by atoms with E-state index in [1.807, 2.05) is 0 Å². The molecule has 2 aromatic heterocycles. The second kappa shape index (κ2) is 6.09. The van der Waals surface area contributed by atoms with Crippen LogP contribution in [0.3, 0.4) is 0 Å². The van der Waals surface area contributed by atoms with Gasteiger partial charge < -0.3 is 28.6 Å². The quantitative estimate of drug-likeness (QED) is 0.771. The lowest BCUT2D eigenvalue weighted by Gasteiger charge is -1.98. The molecule has 7 heteroatoms. The molecule has 6 nitrogen and oxygen atoms in total. The Hall–Kier alpha value is -2.15. The van der Waals surface area contributed by atoms with Crippen LogP contribution in [0.25, 0.3) is 0 Å². The molecule has 0 saturated carbocycles. The Kier molecular flexibility index (Phi) is 4.42. The zero-order valence-electron chi connectivity index (χ0n) is 11.4. The first kappa shape index (κ1) is 15.2. The monoisotopic (exact) mass is 308 g/mol. The molecular weight excluding hydrogens is 296 g/mol. The van der Waals surface area contributed by atoms with Crippen LogP contribution in [-0.4, -0.2) is 11.9 Å². The molecule has 2 heterocycles. The summed E-state index contributed by atoms with van der Waals surface area (Å²) in [5.41, 5.74) is 0.798. The summed E-state index contributed by atoms with van der Waals surface area (Å²) >= 11 is 1.45. The van der Waals surface area contributed by atoms with E-state index in [4.69, 9.17) is 8.83 Å². The van der Waals surface area contributed by atoms with E-state index < -0.39 is 11.9 Å². The molecule has 0 aliphatic heterocycles. The third kappa shape index (κ3) is 3.49. The van der Waals surface area contributed by atoms with E-state index in [0.29, 0.717) is 28.8 Å². The molecule has 0 atom stereocenters. The first-order valence-corrected chi connectivity index (χ1v) is 7.23. The van der Waals surface area contributed by atoms with Gasteiger partial charge in [0.05, 0.1) is 11.7 Å². The summed E-state index contributed by atoms with van der Waals surface area (Å²) in [6, 6.07) is 2.87. The summed E-state index contributed by atoms with van der Waals surface area (Å²) in [5.74, 6) is -0.486. The fourth-order valence-corrected chi connectivity index (χ4v) is 2.79. The average molecular weight is 308 g/mol. The molecule has 2 aromatic rings. The van der Waals surface area contributed by atoms with Crippen molar-refractivity contribution >= 4 is 23.7 Å². The maximum atomic E-state index is 10.8. The Morgan fingerprint density at radius 1 is 1.05 bits per heavy atom. The van der Waals surface area contributed by atoms with Crippen molar-refractivity contribution in [1.82, 2.24) is 0 Å². The summed E-state index contributed by atoms with van der Waals surface area (Å²) in [5, 5.41) is 21.5. The highest BCUT2D eigenvalue weighted by Gasteiger charge is 2.11. The van der Waals surface area contributed by atoms with Gasteiger partial charge in [-0.3, -0.25) is 0 Å². The first-order valence-electron chi connectivity index (χ1n) is 6.07. The van der Waals surface area contributed by atoms with E-state index >= 15 is 0 Å². The van der Waals surface area contributed by atoms with E-state index in [2.05, 4.69) is 0 Å². The predicted molar refractivity (Wildman–Crippen MR) is 70.6 cm³/mol. The van der Waals surface area contributed by atoms with Gasteiger partial charge in [0.1, 0.15) is 29.0 Å². The maximum Gasteiger partial charge on any atom is 0.150 e. The molecule has 0 fully saturated rings. The van der Waals surface area contributed by atoms with Crippen LogP contribution < -0.4 is 10.2 Å². The van der Waals surface area contributed by atoms with Crippen molar-refractivity contribution in [3.8, 4) is 0 Å². The SMILES string of the molecule is Cc1oc(C(=O)[O-])cc1CSCc1cc(C(=O)[O-])c(C)o1. The lowest BCUT2D eigenvalue weighted by atomic mass is 10.2. The number of rotatable bonds is 6. The van der Waals surface area contributed by atoms with E-state index in [1.165, 1.54) is 23.9 Å². The minimum Gasteiger partial charge on any atom is -0.545 e. The van der Waals surface area contributed by atoms with Gasteiger partial charge in [0.2, 0.25) is 0 Å². The molecule has 0 spiro atoms. The topological polar surface area (TPSA) is 107 Å². The Labute approximate surface area is 124 Å². The number of hydrogen-bond donors (Lipinski definition) is 0. The molecule has 21 heavy (non-hydrogen) atoms. The molecule has 0 unspecified atom stereocenters. The number of carboxylic acid groups (broad SMARTS) is 2. The van der Waals surface area contributed by atoms with Crippen LogP contribution in [0.5, 0.6) is 0 Å². The predicted octanol–water partition coefficient (Wildman–Crippen LogP) is 0.650. The molecule has 0 radical (unpaired) electrons. The molecular formula is C14H12O6S-2. The Morgan fingerprint density at radius 2 is 1.76 bits per heavy atom. The zero-order chi connectivity index (χ0) is 15.6. The zero-order valence-corrected chi connectivity index (χ0v) is 12.2. The van der Waals surface area contributed by atoms with Crippen LogP contribution in [0, 0.1) is 13.8 Å². The number of hydrogen-bond acceptors (Lipinski definition) is 7. The van der Waals surface area contributed by atoms with Crippen LogP contribution in [0.15, 0.2) is 21.0 Å². The highest BCUT2D eigenvalue weighted by atomic mass is 32.2. The molecule has 0 saturated heterocycles. The van der Waals surface area contributed by atoms with E-state index in [0.717, 1.165) is 5.56 Å². The van der Waals surface area contributed by atoms with Gasteiger partial charge in [0, 0.05) is 16.9 Å². The van der Waals surface area contributed by atoms with Gasteiger partial charge in [-0.2, -0.15) is 0 Å². The van der Waals surface area contributed by atoms with Gasteiger partial charge in [0.15, 0.2) is 0 Å². The largest absolute Gasteiger partial charge is 0.545 e. The summed E-state index contributed by atoms with van der Waals surface area (Å²) in [6.07, 6.45) is 0. The van der Waals surface area contributed by atoms with Crippen LogP contribution in [0.2, 0.25) is 0 Å². The maximum absolute atomic E-state index is 10.8. The Morgan fingerprint density at radius 3 is 2.29 bits per heavy atom. The number of aryl methyl sites for hydroxylation is 2. The van der Waals surface area contributed by atoms with Gasteiger partial charge >= 0.3 is 0 Å². The van der Waals surface area contributed by atoms with Crippen LogP contribution in [-0.2, 0) is 11.5 Å². The second-order valence-corrected chi connectivity index (χ2v) is 5.43. The van der Waals surface area contributed by atoms with Crippen molar-refractivity contribution < 1.29 is 28.6 Å². The number of carbonyl (C=O) groups is 2. The number of carboxylic acids is 2. The Balaban J connectivity index is 1.97. The molecule has 0 aromatic carbocycles. The molecule has 0 aliphatic rings.